The highest BCUT2D eigenvalue weighted by Crippen LogP contribution is 2.08. The van der Waals surface area contributed by atoms with Crippen molar-refractivity contribution in [1.29, 1.82) is 0 Å². The van der Waals surface area contributed by atoms with Crippen LogP contribution in [0.5, 0.6) is 0 Å². The van der Waals surface area contributed by atoms with E-state index in [2.05, 4.69) is 9.97 Å². The Hall–Kier alpha value is -2.44. The summed E-state index contributed by atoms with van der Waals surface area (Å²) in [5, 5.41) is 8.53. The summed E-state index contributed by atoms with van der Waals surface area (Å²) < 4.78 is 0. The molecule has 0 atom stereocenters. The molecule has 0 aliphatic carbocycles. The Morgan fingerprint density at radius 1 is 1.30 bits per heavy atom. The number of carboxylic acid groups (broad SMARTS) is 1. The highest BCUT2D eigenvalue weighted by atomic mass is 16.4. The van der Waals surface area contributed by atoms with Gasteiger partial charge in [-0.05, 0) is 13.0 Å². The van der Waals surface area contributed by atoms with Gasteiger partial charge >= 0.3 is 5.97 Å². The van der Waals surface area contributed by atoms with Gasteiger partial charge < -0.3 is 14.9 Å². The molecular formula is C13H18N4O3. The Labute approximate surface area is 117 Å². The first-order valence-electron chi connectivity index (χ1n) is 6.12. The summed E-state index contributed by atoms with van der Waals surface area (Å²) in [4.78, 5) is 33.6. The summed E-state index contributed by atoms with van der Waals surface area (Å²) in [7, 11) is 3.38. The number of anilines is 1. The Morgan fingerprint density at radius 2 is 1.90 bits per heavy atom. The smallest absolute Gasteiger partial charge is 0.328 e. The zero-order chi connectivity index (χ0) is 15.1. The summed E-state index contributed by atoms with van der Waals surface area (Å²) in [5.74, 6) is -0.624. The first kappa shape index (κ1) is 15.6. The van der Waals surface area contributed by atoms with Crippen LogP contribution >= 0.6 is 0 Å². The van der Waals surface area contributed by atoms with E-state index in [0.717, 1.165) is 6.08 Å². The molecule has 0 aliphatic rings. The van der Waals surface area contributed by atoms with E-state index in [0.29, 0.717) is 18.1 Å². The molecule has 0 unspecified atom stereocenters. The lowest BCUT2D eigenvalue weighted by atomic mass is 10.3. The van der Waals surface area contributed by atoms with Crippen LogP contribution in [0.4, 0.5) is 5.95 Å². The number of likely N-dealkylation sites (N-methyl/N-ethyl adjacent to an activating group) is 2. The number of hydrogen-bond acceptors (Lipinski definition) is 5. The van der Waals surface area contributed by atoms with E-state index in [4.69, 9.17) is 5.11 Å². The number of aromatic nitrogens is 2. The minimum Gasteiger partial charge on any atom is -0.478 e. The Kier molecular flexibility index (Phi) is 5.64. The molecule has 1 aromatic rings. The molecule has 1 aromatic heterocycles. The number of rotatable bonds is 6. The van der Waals surface area contributed by atoms with E-state index in [1.165, 1.54) is 23.4 Å². The van der Waals surface area contributed by atoms with Gasteiger partial charge in [-0.15, -0.1) is 0 Å². The van der Waals surface area contributed by atoms with E-state index in [1.807, 2.05) is 6.92 Å². The molecule has 0 bridgehead atoms. The molecule has 0 saturated carbocycles. The summed E-state index contributed by atoms with van der Waals surface area (Å²) in [6.07, 6.45) is 5.47. The summed E-state index contributed by atoms with van der Waals surface area (Å²) >= 11 is 0. The molecule has 7 nitrogen and oxygen atoms in total. The zero-order valence-electron chi connectivity index (χ0n) is 11.8. The molecule has 7 heteroatoms. The van der Waals surface area contributed by atoms with Crippen LogP contribution < -0.4 is 4.90 Å². The van der Waals surface area contributed by atoms with Crippen molar-refractivity contribution in [2.45, 2.75) is 6.92 Å². The van der Waals surface area contributed by atoms with Gasteiger partial charge in [0, 0.05) is 44.7 Å². The fourth-order valence-corrected chi connectivity index (χ4v) is 1.38. The summed E-state index contributed by atoms with van der Waals surface area (Å²) in [6, 6.07) is 0. The molecule has 1 N–H and O–H groups in total. The van der Waals surface area contributed by atoms with Crippen molar-refractivity contribution in [3.8, 4) is 0 Å². The van der Waals surface area contributed by atoms with Gasteiger partial charge in [0.15, 0.2) is 0 Å². The van der Waals surface area contributed by atoms with Gasteiger partial charge in [0.05, 0.1) is 6.54 Å². The maximum atomic E-state index is 11.7. The number of carboxylic acids is 1. The number of amides is 1. The Balaban J connectivity index is 2.79. The van der Waals surface area contributed by atoms with Gasteiger partial charge in [0.2, 0.25) is 11.9 Å². The average molecular weight is 278 g/mol. The molecule has 1 amide bonds. The van der Waals surface area contributed by atoms with Crippen molar-refractivity contribution in [2.75, 3.05) is 32.1 Å². The van der Waals surface area contributed by atoms with Gasteiger partial charge in [-0.3, -0.25) is 4.79 Å². The quantitative estimate of drug-likeness (QED) is 0.762. The first-order valence-corrected chi connectivity index (χ1v) is 6.12. The molecule has 0 aliphatic heterocycles. The van der Waals surface area contributed by atoms with E-state index in [1.54, 1.807) is 19.0 Å². The Bertz CT molecular complexity index is 497. The van der Waals surface area contributed by atoms with Crippen LogP contribution in [0, 0.1) is 0 Å². The van der Waals surface area contributed by atoms with Gasteiger partial charge in [-0.25, -0.2) is 14.8 Å². The van der Waals surface area contributed by atoms with Gasteiger partial charge in [0.1, 0.15) is 0 Å². The van der Waals surface area contributed by atoms with Crippen LogP contribution in [0.25, 0.3) is 6.08 Å². The van der Waals surface area contributed by atoms with E-state index in [9.17, 15) is 9.59 Å². The molecular weight excluding hydrogens is 260 g/mol. The number of carbonyl (C=O) groups excluding carboxylic acids is 1. The second-order valence-electron chi connectivity index (χ2n) is 4.29. The van der Waals surface area contributed by atoms with Gasteiger partial charge in [-0.1, -0.05) is 0 Å². The van der Waals surface area contributed by atoms with Crippen molar-refractivity contribution in [2.24, 2.45) is 0 Å². The molecule has 108 valence electrons. The SMILES string of the molecule is CCN(CC(=O)N(C)C)c1ncc(/C=C/C(=O)O)cn1. The monoisotopic (exact) mass is 278 g/mol. The number of aliphatic carboxylic acids is 1. The average Bonchev–Trinajstić information content (AvgIpc) is 2.42. The zero-order valence-corrected chi connectivity index (χ0v) is 11.8. The fraction of sp³-hybridized carbons (Fsp3) is 0.385. The number of carbonyl (C=O) groups is 2. The van der Waals surface area contributed by atoms with Crippen molar-refractivity contribution in [1.82, 2.24) is 14.9 Å². The first-order chi connectivity index (χ1) is 9.43. The van der Waals surface area contributed by atoms with Crippen molar-refractivity contribution in [3.05, 3.63) is 24.0 Å². The lowest BCUT2D eigenvalue weighted by molar-refractivity contribution is -0.131. The molecule has 0 spiro atoms. The van der Waals surface area contributed by atoms with Crippen LogP contribution in [-0.4, -0.2) is 59.0 Å². The standard InChI is InChI=1S/C13H18N4O3/c1-4-17(9-11(18)16(2)3)13-14-7-10(8-15-13)5-6-12(19)20/h5-8H,4,9H2,1-3H3,(H,19,20)/b6-5+. The maximum absolute atomic E-state index is 11.7. The predicted molar refractivity (Wildman–Crippen MR) is 75.3 cm³/mol. The minimum atomic E-state index is -1.03. The predicted octanol–water partition coefficient (Wildman–Crippen LogP) is 0.489. The normalized spacial score (nSPS) is 10.6. The lowest BCUT2D eigenvalue weighted by Gasteiger charge is -2.21. The van der Waals surface area contributed by atoms with E-state index in [-0.39, 0.29) is 12.5 Å². The van der Waals surface area contributed by atoms with Gasteiger partial charge in [0.25, 0.3) is 0 Å². The number of hydrogen-bond donors (Lipinski definition) is 1. The molecule has 0 radical (unpaired) electrons. The fourth-order valence-electron chi connectivity index (χ4n) is 1.38. The molecule has 1 heterocycles. The molecule has 20 heavy (non-hydrogen) atoms. The van der Waals surface area contributed by atoms with Crippen LogP contribution in [0.3, 0.4) is 0 Å². The highest BCUT2D eigenvalue weighted by Gasteiger charge is 2.13. The maximum Gasteiger partial charge on any atom is 0.328 e. The topological polar surface area (TPSA) is 86.6 Å². The van der Waals surface area contributed by atoms with Crippen molar-refractivity contribution < 1.29 is 14.7 Å². The second-order valence-corrected chi connectivity index (χ2v) is 4.29. The lowest BCUT2D eigenvalue weighted by Crippen LogP contribution is -2.37. The molecule has 0 aromatic carbocycles. The Morgan fingerprint density at radius 3 is 2.35 bits per heavy atom. The summed E-state index contributed by atoms with van der Waals surface area (Å²) in [5.41, 5.74) is 0.589. The minimum absolute atomic E-state index is 0.0368. The van der Waals surface area contributed by atoms with E-state index < -0.39 is 5.97 Å². The van der Waals surface area contributed by atoms with Crippen LogP contribution in [-0.2, 0) is 9.59 Å². The molecule has 0 saturated heterocycles. The van der Waals surface area contributed by atoms with Crippen LogP contribution in [0.15, 0.2) is 18.5 Å². The van der Waals surface area contributed by atoms with Crippen LogP contribution in [0.1, 0.15) is 12.5 Å². The largest absolute Gasteiger partial charge is 0.478 e. The van der Waals surface area contributed by atoms with Crippen molar-refractivity contribution >= 4 is 23.9 Å². The molecule has 1 rings (SSSR count). The molecule has 0 fully saturated rings. The van der Waals surface area contributed by atoms with Crippen molar-refractivity contribution in [3.63, 3.8) is 0 Å². The summed E-state index contributed by atoms with van der Waals surface area (Å²) in [6.45, 7) is 2.71. The highest BCUT2D eigenvalue weighted by molar-refractivity contribution is 5.85. The van der Waals surface area contributed by atoms with E-state index >= 15 is 0 Å². The van der Waals surface area contributed by atoms with Crippen LogP contribution in [0.2, 0.25) is 0 Å². The second kappa shape index (κ2) is 7.22. The van der Waals surface area contributed by atoms with Gasteiger partial charge in [-0.2, -0.15) is 0 Å². The number of nitrogens with zero attached hydrogens (tertiary/aromatic N) is 4. The third-order valence-corrected chi connectivity index (χ3v) is 2.57. The third kappa shape index (κ3) is 4.68. The third-order valence-electron chi connectivity index (χ3n) is 2.57.